The van der Waals surface area contributed by atoms with Crippen LogP contribution in [0.25, 0.3) is 0 Å². The highest BCUT2D eigenvalue weighted by Gasteiger charge is 2.70. The molecule has 0 heterocycles. The third-order valence-corrected chi connectivity index (χ3v) is 16.7. The molecule has 0 aromatic rings. The summed E-state index contributed by atoms with van der Waals surface area (Å²) in [6.45, 7) is 19.8. The van der Waals surface area contributed by atoms with Crippen LogP contribution in [-0.2, 0) is 23.9 Å². The van der Waals surface area contributed by atoms with E-state index in [0.717, 1.165) is 56.9 Å². The Hall–Kier alpha value is -2.24. The normalized spacial score (nSPS) is 39.7. The lowest BCUT2D eigenvalue weighted by molar-refractivity contribution is -0.232. The molecule has 6 aliphatic rings. The largest absolute Gasteiger partial charge is 0.481 e. The maximum atomic E-state index is 14.0. The number of carboxylic acids is 1. The summed E-state index contributed by atoms with van der Waals surface area (Å²) in [7, 11) is 0. The van der Waals surface area contributed by atoms with Crippen LogP contribution < -0.4 is 0 Å². The molecule has 51 heavy (non-hydrogen) atoms. The molecule has 0 radical (unpaired) electrons. The molecule has 0 saturated heterocycles. The van der Waals surface area contributed by atoms with Crippen LogP contribution in [0.3, 0.4) is 0 Å². The number of aliphatic carboxylic acids is 1. The summed E-state index contributed by atoms with van der Waals surface area (Å²) in [4.78, 5) is 52.2. The highest BCUT2D eigenvalue weighted by atomic mass is 16.5. The maximum absolute atomic E-state index is 14.0. The predicted octanol–water partition coefficient (Wildman–Crippen LogP) is 10.5. The molecule has 5 fully saturated rings. The van der Waals surface area contributed by atoms with Gasteiger partial charge in [-0.3, -0.25) is 19.2 Å². The minimum absolute atomic E-state index is 0.0449. The monoisotopic (exact) mass is 705 g/mol. The first kappa shape index (κ1) is 38.5. The van der Waals surface area contributed by atoms with Crippen molar-refractivity contribution in [2.75, 3.05) is 0 Å². The molecular weight excluding hydrogens is 636 g/mol. The maximum Gasteiger partial charge on any atom is 0.309 e. The second-order valence-electron chi connectivity index (χ2n) is 20.6. The lowest BCUT2D eigenvalue weighted by Crippen LogP contribution is -2.65. The van der Waals surface area contributed by atoms with Crippen LogP contribution in [0.4, 0.5) is 0 Å². The van der Waals surface area contributed by atoms with E-state index in [1.54, 1.807) is 13.8 Å². The van der Waals surface area contributed by atoms with Gasteiger partial charge in [0, 0.05) is 23.7 Å². The Kier molecular flexibility index (Phi) is 10.0. The van der Waals surface area contributed by atoms with Crippen LogP contribution in [0.2, 0.25) is 0 Å². The van der Waals surface area contributed by atoms with Gasteiger partial charge in [-0.2, -0.15) is 0 Å². The zero-order valence-electron chi connectivity index (χ0n) is 33.4. The van der Waals surface area contributed by atoms with E-state index in [1.807, 2.05) is 6.08 Å². The molecule has 0 aliphatic heterocycles. The number of carbonyl (C=O) groups excluding carboxylic acids is 3. The van der Waals surface area contributed by atoms with Crippen molar-refractivity contribution < 1.29 is 29.0 Å². The minimum Gasteiger partial charge on any atom is -0.481 e. The van der Waals surface area contributed by atoms with Crippen LogP contribution >= 0.6 is 0 Å². The summed E-state index contributed by atoms with van der Waals surface area (Å²) >= 11 is 0. The average Bonchev–Trinajstić information content (AvgIpc) is 3.34. The number of hydrogen-bond acceptors (Lipinski definition) is 5. The fourth-order valence-corrected chi connectivity index (χ4v) is 13.7. The molecule has 6 heteroatoms. The number of Topliss-reactive ketones (excluding diaryl/α,β-unsaturated/α-hetero) is 1. The lowest BCUT2D eigenvalue weighted by atomic mass is 9.33. The summed E-state index contributed by atoms with van der Waals surface area (Å²) in [5, 5.41) is 9.60. The van der Waals surface area contributed by atoms with Crippen molar-refractivity contribution in [3.8, 4) is 0 Å². The summed E-state index contributed by atoms with van der Waals surface area (Å²) in [6.07, 6.45) is 19.2. The quantitative estimate of drug-likeness (QED) is 0.190. The Morgan fingerprint density at radius 1 is 0.863 bits per heavy atom. The van der Waals surface area contributed by atoms with Crippen LogP contribution in [0, 0.1) is 62.1 Å². The van der Waals surface area contributed by atoms with Crippen LogP contribution in [0.5, 0.6) is 0 Å². The molecule has 0 bridgehead atoms. The topological polar surface area (TPSA) is 97.7 Å². The van der Waals surface area contributed by atoms with E-state index >= 15 is 0 Å². The van der Waals surface area contributed by atoms with Crippen molar-refractivity contribution in [1.82, 2.24) is 0 Å². The minimum atomic E-state index is -1.15. The van der Waals surface area contributed by atoms with Gasteiger partial charge in [-0.1, -0.05) is 86.6 Å². The van der Waals surface area contributed by atoms with Crippen molar-refractivity contribution >= 4 is 23.5 Å². The molecule has 5 saturated carbocycles. The van der Waals surface area contributed by atoms with E-state index in [4.69, 9.17) is 4.74 Å². The Bertz CT molecular complexity index is 1490. The molecule has 6 aliphatic carbocycles. The van der Waals surface area contributed by atoms with Crippen molar-refractivity contribution in [2.45, 2.75) is 171 Å². The van der Waals surface area contributed by atoms with Crippen molar-refractivity contribution in [1.29, 1.82) is 0 Å². The molecule has 284 valence electrons. The first-order valence-corrected chi connectivity index (χ1v) is 20.6. The summed E-state index contributed by atoms with van der Waals surface area (Å²) < 4.78 is 6.17. The predicted molar refractivity (Wildman–Crippen MR) is 201 cm³/mol. The second kappa shape index (κ2) is 13.3. The summed E-state index contributed by atoms with van der Waals surface area (Å²) in [5.74, 6) is 1.07. The first-order valence-electron chi connectivity index (χ1n) is 20.6. The molecule has 8 atom stereocenters. The first-order chi connectivity index (χ1) is 23.7. The van der Waals surface area contributed by atoms with Gasteiger partial charge in [0.15, 0.2) is 11.6 Å². The standard InChI is InChI=1S/C45H68O6/c1-28(2)37-32(47)26-45(22-17-30(46)25-29-13-11-10-12-14-29)24-23-43(8)31(38(37)45)15-16-34-42(7)20-19-35(51-36(48)27-40(3,4)39(49)50)41(5,6)33(42)18-21-44(34,43)9/h17,22,28-29,31,33-35H,10-16,18-21,23-27H2,1-9H3,(H,49,50)/b22-17+/t31-,33+,34-,35+,42+,43-,44-,45+/m1/s1. The summed E-state index contributed by atoms with van der Waals surface area (Å²) in [5.41, 5.74) is 0.982. The van der Waals surface area contributed by atoms with Gasteiger partial charge in [-0.15, -0.1) is 0 Å². The van der Waals surface area contributed by atoms with E-state index in [0.29, 0.717) is 42.3 Å². The van der Waals surface area contributed by atoms with E-state index < -0.39 is 17.4 Å². The molecule has 6 rings (SSSR count). The zero-order chi connectivity index (χ0) is 37.4. The van der Waals surface area contributed by atoms with Crippen molar-refractivity contribution in [3.63, 3.8) is 0 Å². The number of esters is 1. The van der Waals surface area contributed by atoms with E-state index in [2.05, 4.69) is 54.5 Å². The molecule has 0 amide bonds. The average molecular weight is 705 g/mol. The fraction of sp³-hybridized carbons (Fsp3) is 0.822. The number of ketones is 2. The van der Waals surface area contributed by atoms with Gasteiger partial charge in [0.25, 0.3) is 0 Å². The number of allylic oxidation sites excluding steroid dienone is 4. The van der Waals surface area contributed by atoms with Gasteiger partial charge in [-0.05, 0) is 128 Å². The van der Waals surface area contributed by atoms with Gasteiger partial charge in [0.2, 0.25) is 0 Å². The van der Waals surface area contributed by atoms with Crippen molar-refractivity contribution in [3.05, 3.63) is 23.3 Å². The smallest absolute Gasteiger partial charge is 0.309 e. The highest BCUT2D eigenvalue weighted by Crippen LogP contribution is 2.77. The Morgan fingerprint density at radius 2 is 1.55 bits per heavy atom. The SMILES string of the molecule is CC(C)C1=C2[C@H]3CC[C@@H]4[C@@]5(C)CC[C@H](OC(=O)CC(C)(C)C(=O)O)C(C)(C)[C@@H]5CC[C@@]4(C)[C@]3(C)CC[C@@]2(/C=C/C(=O)CC2CCCCC2)CC1=O. The van der Waals surface area contributed by atoms with Gasteiger partial charge in [-0.25, -0.2) is 0 Å². The van der Waals surface area contributed by atoms with E-state index in [-0.39, 0.29) is 51.3 Å². The van der Waals surface area contributed by atoms with Gasteiger partial charge in [0.1, 0.15) is 6.10 Å². The Balaban J connectivity index is 1.27. The van der Waals surface area contributed by atoms with E-state index in [9.17, 15) is 24.3 Å². The molecule has 0 aromatic heterocycles. The second-order valence-corrected chi connectivity index (χ2v) is 20.6. The Labute approximate surface area is 308 Å². The molecule has 0 aromatic carbocycles. The molecular formula is C45H68O6. The molecule has 0 spiro atoms. The van der Waals surface area contributed by atoms with E-state index in [1.165, 1.54) is 37.7 Å². The molecule has 6 nitrogen and oxygen atoms in total. The van der Waals surface area contributed by atoms with Gasteiger partial charge >= 0.3 is 11.9 Å². The Morgan fingerprint density at radius 3 is 2.20 bits per heavy atom. The number of ether oxygens (including phenoxy) is 1. The fourth-order valence-electron chi connectivity index (χ4n) is 13.7. The van der Waals surface area contributed by atoms with Gasteiger partial charge in [0.05, 0.1) is 11.8 Å². The summed E-state index contributed by atoms with van der Waals surface area (Å²) in [6, 6.07) is 0. The third kappa shape index (κ3) is 6.22. The molecule has 0 unspecified atom stereocenters. The van der Waals surface area contributed by atoms with Gasteiger partial charge < -0.3 is 9.84 Å². The molecule has 1 N–H and O–H groups in total. The third-order valence-electron chi connectivity index (χ3n) is 16.7. The number of fused-ring (bicyclic) bond motifs is 7. The highest BCUT2D eigenvalue weighted by molar-refractivity contribution is 6.01. The number of hydrogen-bond donors (Lipinski definition) is 1. The van der Waals surface area contributed by atoms with Crippen LogP contribution in [0.15, 0.2) is 23.3 Å². The number of rotatable bonds is 9. The van der Waals surface area contributed by atoms with Crippen LogP contribution in [0.1, 0.15) is 165 Å². The number of carbonyl (C=O) groups is 4. The lowest BCUT2D eigenvalue weighted by Gasteiger charge is -2.72. The van der Waals surface area contributed by atoms with Crippen LogP contribution in [-0.4, -0.2) is 34.7 Å². The van der Waals surface area contributed by atoms with Crippen molar-refractivity contribution in [2.24, 2.45) is 62.1 Å². The zero-order valence-corrected chi connectivity index (χ0v) is 33.4. The number of carboxylic acid groups (broad SMARTS) is 1.